The van der Waals surface area contributed by atoms with Crippen LogP contribution in [0.1, 0.15) is 50.2 Å². The lowest BCUT2D eigenvalue weighted by Gasteiger charge is -2.34. The second kappa shape index (κ2) is 5.74. The third-order valence-corrected chi connectivity index (χ3v) is 5.68. The Bertz CT molecular complexity index is 1050. The van der Waals surface area contributed by atoms with Gasteiger partial charge in [-0.15, -0.1) is 0 Å². The zero-order valence-corrected chi connectivity index (χ0v) is 14.6. The Hall–Kier alpha value is -2.54. The maximum Gasteiger partial charge on any atom is 0.261 e. The minimum atomic E-state index is -0.451. The molecule has 0 unspecified atom stereocenters. The SMILES string of the molecule is NC1(c2noc(-c3ccc4c(=O)n5c(nc4c3)CCCCC5)n2)CCC1. The third kappa shape index (κ3) is 2.38. The largest absolute Gasteiger partial charge is 0.334 e. The first-order chi connectivity index (χ1) is 12.6. The van der Waals surface area contributed by atoms with Gasteiger partial charge in [0.05, 0.1) is 16.4 Å². The van der Waals surface area contributed by atoms with Crippen LogP contribution >= 0.6 is 0 Å². The van der Waals surface area contributed by atoms with E-state index in [4.69, 9.17) is 15.2 Å². The summed E-state index contributed by atoms with van der Waals surface area (Å²) in [5.41, 5.74) is 7.32. The van der Waals surface area contributed by atoms with Crippen LogP contribution in [0.5, 0.6) is 0 Å². The van der Waals surface area contributed by atoms with E-state index in [1.165, 1.54) is 0 Å². The highest BCUT2D eigenvalue weighted by Gasteiger charge is 2.39. The maximum absolute atomic E-state index is 12.8. The van der Waals surface area contributed by atoms with E-state index < -0.39 is 5.54 Å². The van der Waals surface area contributed by atoms with Gasteiger partial charge >= 0.3 is 0 Å². The molecule has 2 aliphatic rings. The van der Waals surface area contributed by atoms with Crippen molar-refractivity contribution >= 4 is 10.9 Å². The van der Waals surface area contributed by atoms with E-state index in [0.717, 1.165) is 62.9 Å². The predicted octanol–water partition coefficient (Wildman–Crippen LogP) is 2.51. The molecule has 3 aromatic rings. The van der Waals surface area contributed by atoms with Crippen LogP contribution < -0.4 is 11.3 Å². The minimum absolute atomic E-state index is 0.0417. The molecule has 2 N–H and O–H groups in total. The Morgan fingerprint density at radius 3 is 2.81 bits per heavy atom. The van der Waals surface area contributed by atoms with Crippen molar-refractivity contribution < 1.29 is 4.52 Å². The molecule has 0 spiro atoms. The molecule has 3 heterocycles. The lowest BCUT2D eigenvalue weighted by atomic mass is 9.77. The number of nitrogens with two attached hydrogens (primary N) is 1. The summed E-state index contributed by atoms with van der Waals surface area (Å²) in [5, 5.41) is 4.70. The average molecular weight is 351 g/mol. The summed E-state index contributed by atoms with van der Waals surface area (Å²) < 4.78 is 7.26. The van der Waals surface area contributed by atoms with Crippen molar-refractivity contribution in [2.45, 2.75) is 57.0 Å². The summed E-state index contributed by atoms with van der Waals surface area (Å²) in [6, 6.07) is 5.52. The van der Waals surface area contributed by atoms with Gasteiger partial charge in [0.25, 0.3) is 11.4 Å². The first kappa shape index (κ1) is 15.7. The van der Waals surface area contributed by atoms with Crippen LogP contribution in [0.3, 0.4) is 0 Å². The molecule has 1 aliphatic heterocycles. The van der Waals surface area contributed by atoms with E-state index in [1.54, 1.807) is 0 Å². The van der Waals surface area contributed by atoms with Crippen LogP contribution in [0.15, 0.2) is 27.5 Å². The molecule has 1 saturated carbocycles. The molecule has 1 aliphatic carbocycles. The highest BCUT2D eigenvalue weighted by Crippen LogP contribution is 2.37. The molecular weight excluding hydrogens is 330 g/mol. The van der Waals surface area contributed by atoms with Gasteiger partial charge < -0.3 is 10.3 Å². The van der Waals surface area contributed by atoms with Gasteiger partial charge in [-0.3, -0.25) is 9.36 Å². The maximum atomic E-state index is 12.8. The number of rotatable bonds is 2. The highest BCUT2D eigenvalue weighted by molar-refractivity contribution is 5.82. The van der Waals surface area contributed by atoms with Gasteiger partial charge in [-0.05, 0) is 50.3 Å². The van der Waals surface area contributed by atoms with Crippen LogP contribution in [0.2, 0.25) is 0 Å². The Labute approximate surface area is 150 Å². The molecule has 7 heteroatoms. The van der Waals surface area contributed by atoms with Crippen LogP contribution in [0.4, 0.5) is 0 Å². The van der Waals surface area contributed by atoms with E-state index in [0.29, 0.717) is 22.6 Å². The summed E-state index contributed by atoms with van der Waals surface area (Å²) in [6.45, 7) is 0.754. The molecule has 7 nitrogen and oxygen atoms in total. The van der Waals surface area contributed by atoms with E-state index in [1.807, 2.05) is 22.8 Å². The summed E-state index contributed by atoms with van der Waals surface area (Å²) in [7, 11) is 0. The molecule has 0 bridgehead atoms. The number of hydrogen-bond acceptors (Lipinski definition) is 6. The Morgan fingerprint density at radius 1 is 1.12 bits per heavy atom. The number of aromatic nitrogens is 4. The van der Waals surface area contributed by atoms with Gasteiger partial charge in [-0.25, -0.2) is 4.98 Å². The standard InChI is InChI=1S/C19H21N5O2/c20-19(8-4-9-19)18-22-16(26-23-18)12-6-7-13-14(11-12)21-15-5-2-1-3-10-24(15)17(13)25/h6-7,11H,1-5,8-10,20H2. The van der Waals surface area contributed by atoms with Crippen LogP contribution in [-0.2, 0) is 18.5 Å². The fraction of sp³-hybridized carbons (Fsp3) is 0.474. The fourth-order valence-electron chi connectivity index (χ4n) is 3.88. The zero-order valence-electron chi connectivity index (χ0n) is 14.6. The van der Waals surface area contributed by atoms with Crippen LogP contribution in [-0.4, -0.2) is 19.7 Å². The minimum Gasteiger partial charge on any atom is -0.334 e. The lowest BCUT2D eigenvalue weighted by molar-refractivity contribution is 0.229. The summed E-state index contributed by atoms with van der Waals surface area (Å²) in [5.74, 6) is 1.86. The molecule has 1 aromatic carbocycles. The Kier molecular flexibility index (Phi) is 3.46. The summed E-state index contributed by atoms with van der Waals surface area (Å²) >= 11 is 0. The lowest BCUT2D eigenvalue weighted by Crippen LogP contribution is -2.44. The molecule has 0 atom stereocenters. The number of hydrogen-bond donors (Lipinski definition) is 1. The van der Waals surface area contributed by atoms with E-state index in [-0.39, 0.29) is 5.56 Å². The second-order valence-corrected chi connectivity index (χ2v) is 7.46. The highest BCUT2D eigenvalue weighted by atomic mass is 16.5. The molecule has 5 rings (SSSR count). The monoisotopic (exact) mass is 351 g/mol. The van der Waals surface area contributed by atoms with Crippen molar-refractivity contribution in [1.82, 2.24) is 19.7 Å². The van der Waals surface area contributed by atoms with Gasteiger partial charge in [-0.2, -0.15) is 4.98 Å². The molecule has 0 saturated heterocycles. The number of nitrogens with zero attached hydrogens (tertiary/aromatic N) is 4. The first-order valence-corrected chi connectivity index (χ1v) is 9.31. The third-order valence-electron chi connectivity index (χ3n) is 5.68. The fourth-order valence-corrected chi connectivity index (χ4v) is 3.88. The summed E-state index contributed by atoms with van der Waals surface area (Å²) in [4.78, 5) is 22.1. The molecule has 0 radical (unpaired) electrons. The van der Waals surface area contributed by atoms with Crippen molar-refractivity contribution in [1.29, 1.82) is 0 Å². The molecule has 26 heavy (non-hydrogen) atoms. The van der Waals surface area contributed by atoms with Crippen molar-refractivity contribution in [3.05, 3.63) is 40.2 Å². The van der Waals surface area contributed by atoms with Gasteiger partial charge in [0, 0.05) is 18.5 Å². The van der Waals surface area contributed by atoms with E-state index in [9.17, 15) is 4.79 Å². The molecule has 1 fully saturated rings. The molecular formula is C19H21N5O2. The van der Waals surface area contributed by atoms with Crippen LogP contribution in [0.25, 0.3) is 22.4 Å². The number of aryl methyl sites for hydroxylation is 1. The van der Waals surface area contributed by atoms with E-state index in [2.05, 4.69) is 10.1 Å². The quantitative estimate of drug-likeness (QED) is 0.761. The molecule has 134 valence electrons. The first-order valence-electron chi connectivity index (χ1n) is 9.31. The van der Waals surface area contributed by atoms with Crippen molar-refractivity contribution in [2.24, 2.45) is 5.73 Å². The summed E-state index contributed by atoms with van der Waals surface area (Å²) in [6.07, 6.45) is 6.94. The zero-order chi connectivity index (χ0) is 17.7. The molecule has 2 aromatic heterocycles. The number of benzene rings is 1. The number of fused-ring (bicyclic) bond motifs is 2. The van der Waals surface area contributed by atoms with Crippen molar-refractivity contribution in [3.8, 4) is 11.5 Å². The van der Waals surface area contributed by atoms with E-state index >= 15 is 0 Å². The van der Waals surface area contributed by atoms with Crippen molar-refractivity contribution in [2.75, 3.05) is 0 Å². The smallest absolute Gasteiger partial charge is 0.261 e. The van der Waals surface area contributed by atoms with Gasteiger partial charge in [0.2, 0.25) is 0 Å². The Balaban J connectivity index is 1.59. The van der Waals surface area contributed by atoms with Crippen LogP contribution in [0, 0.1) is 0 Å². The Morgan fingerprint density at radius 2 is 2.00 bits per heavy atom. The second-order valence-electron chi connectivity index (χ2n) is 7.46. The predicted molar refractivity (Wildman–Crippen MR) is 96.6 cm³/mol. The topological polar surface area (TPSA) is 99.8 Å². The van der Waals surface area contributed by atoms with Gasteiger partial charge in [0.15, 0.2) is 5.82 Å². The van der Waals surface area contributed by atoms with Gasteiger partial charge in [0.1, 0.15) is 5.82 Å². The van der Waals surface area contributed by atoms with Gasteiger partial charge in [-0.1, -0.05) is 11.6 Å². The average Bonchev–Trinajstić information content (AvgIpc) is 3.00. The molecule has 0 amide bonds. The van der Waals surface area contributed by atoms with Crippen molar-refractivity contribution in [3.63, 3.8) is 0 Å². The normalized spacial score (nSPS) is 19.0.